The van der Waals surface area contributed by atoms with E-state index in [2.05, 4.69) is 53.5 Å². The molecule has 0 bridgehead atoms. The third-order valence-electron chi connectivity index (χ3n) is 12.5. The molecule has 14 N–H and O–H groups in total. The van der Waals surface area contributed by atoms with Gasteiger partial charge in [-0.25, -0.2) is 42.9 Å². The number of hydrogen-bond acceptors (Lipinski definition) is 27. The summed E-state index contributed by atoms with van der Waals surface area (Å²) < 4.78 is 105. The zero-order valence-electron chi connectivity index (χ0n) is 41.1. The van der Waals surface area contributed by atoms with Crippen LogP contribution in [0.5, 0.6) is 5.75 Å². The number of nitrogens with two attached hydrogens (primary N) is 3. The van der Waals surface area contributed by atoms with Gasteiger partial charge < -0.3 is 70.5 Å². The first-order chi connectivity index (χ1) is 38.2. The molecule has 8 aromatic rings. The molecule has 0 spiro atoms. The third-order valence-corrected chi connectivity index (χ3v) is 18.5. The molecule has 2 aliphatic rings. The van der Waals surface area contributed by atoms with Gasteiger partial charge in [-0.3, -0.25) is 46.8 Å². The van der Waals surface area contributed by atoms with Crippen molar-refractivity contribution in [1.82, 2.24) is 58.6 Å². The first-order valence-electron chi connectivity index (χ1n) is 23.0. The molecule has 0 amide bonds. The number of imidazole rings is 3. The fourth-order valence-corrected chi connectivity index (χ4v) is 13.9. The Labute approximate surface area is 455 Å². The van der Waals surface area contributed by atoms with E-state index in [0.717, 1.165) is 47.4 Å². The summed E-state index contributed by atoms with van der Waals surface area (Å²) >= 11 is 5.97. The minimum Gasteiger partial charge on any atom is -0.492 e. The highest BCUT2D eigenvalue weighted by Crippen LogP contribution is 2.67. The number of aromatic amines is 2. The molecule has 10 rings (SSSR count). The van der Waals surface area contributed by atoms with E-state index >= 15 is 0 Å². The van der Waals surface area contributed by atoms with Gasteiger partial charge >= 0.3 is 31.1 Å². The number of nitrogen functional groups attached to an aromatic ring is 3. The lowest BCUT2D eigenvalue weighted by Gasteiger charge is -2.35. The number of rotatable bonds is 21. The number of methoxy groups -OCH3 is 1. The van der Waals surface area contributed by atoms with Gasteiger partial charge in [0.2, 0.25) is 11.9 Å². The van der Waals surface area contributed by atoms with E-state index in [1.54, 1.807) is 24.3 Å². The average Bonchev–Trinajstić information content (AvgIpc) is 3.01. The zero-order chi connectivity index (χ0) is 58.0. The second-order valence-corrected chi connectivity index (χ2v) is 24.5. The number of phosphoric ester groups is 2. The molecule has 0 radical (unpaired) electrons. The number of anilines is 3. The fraction of sp³-hybridized carbons (Fsp3) is 0.325. The summed E-state index contributed by atoms with van der Waals surface area (Å²) in [4.78, 5) is 102. The van der Waals surface area contributed by atoms with Crippen molar-refractivity contribution in [2.24, 2.45) is 0 Å². The molecule has 41 heteroatoms. The molecule has 0 saturated carbocycles. The van der Waals surface area contributed by atoms with E-state index in [-0.39, 0.29) is 75.7 Å². The lowest BCUT2D eigenvalue weighted by atomic mass is 10.1. The smallest absolute Gasteiger partial charge is 0.488 e. The lowest BCUT2D eigenvalue weighted by Crippen LogP contribution is -2.50. The number of fused-ring (bicyclic) bond motifs is 3. The van der Waals surface area contributed by atoms with Crippen molar-refractivity contribution in [2.45, 2.75) is 42.4 Å². The van der Waals surface area contributed by atoms with E-state index in [9.17, 15) is 57.6 Å². The highest BCUT2D eigenvalue weighted by molar-refractivity contribution is 7.71. The van der Waals surface area contributed by atoms with Crippen LogP contribution in [0.3, 0.4) is 0 Å². The fourth-order valence-electron chi connectivity index (χ4n) is 8.79. The zero-order valence-corrected chi connectivity index (χ0v) is 45.4. The molecule has 0 aliphatic carbocycles. The molecule has 10 unspecified atom stereocenters. The van der Waals surface area contributed by atoms with Crippen molar-refractivity contribution in [1.29, 1.82) is 0 Å². The van der Waals surface area contributed by atoms with Crippen molar-refractivity contribution >= 4 is 99.2 Å². The predicted octanol–water partition coefficient (Wildman–Crippen LogP) is -0.0950. The van der Waals surface area contributed by atoms with Gasteiger partial charge in [-0.1, -0.05) is 23.7 Å². The van der Waals surface area contributed by atoms with Crippen LogP contribution in [0.1, 0.15) is 0 Å². The highest BCUT2D eigenvalue weighted by atomic mass is 35.5. The molecule has 81 heavy (non-hydrogen) atoms. The van der Waals surface area contributed by atoms with Crippen LogP contribution in [0.15, 0.2) is 77.1 Å². The summed E-state index contributed by atoms with van der Waals surface area (Å²) in [5, 5.41) is 22.6. The number of hydrogen-bond donors (Lipinski definition) is 11. The van der Waals surface area contributed by atoms with Gasteiger partial charge in [-0.15, -0.1) is 0 Å². The molecule has 2 saturated heterocycles. The van der Waals surface area contributed by atoms with Crippen LogP contribution in [0.2, 0.25) is 5.02 Å². The number of H-pyrrole nitrogens is 2. The number of benzene rings is 2. The second kappa shape index (κ2) is 21.7. The van der Waals surface area contributed by atoms with Crippen LogP contribution in [0.4, 0.5) is 17.7 Å². The van der Waals surface area contributed by atoms with Crippen molar-refractivity contribution in [3.63, 3.8) is 0 Å². The van der Waals surface area contributed by atoms with E-state index in [4.69, 9.17) is 61.3 Å². The Morgan fingerprint density at radius 3 is 2.15 bits per heavy atom. The Kier molecular flexibility index (Phi) is 15.5. The first kappa shape index (κ1) is 57.8. The number of nitrogens with one attached hydrogen (secondary N) is 2. The van der Waals surface area contributed by atoms with Gasteiger partial charge in [0.25, 0.3) is 11.1 Å². The number of aromatic nitrogens is 12. The summed E-state index contributed by atoms with van der Waals surface area (Å²) in [6.45, 7) is -3.56. The van der Waals surface area contributed by atoms with Crippen LogP contribution in [0, 0.1) is 0 Å². The minimum absolute atomic E-state index is 0.000430. The van der Waals surface area contributed by atoms with Gasteiger partial charge in [0.1, 0.15) is 54.4 Å². The molecule has 2 aromatic carbocycles. The molecule has 432 valence electrons. The van der Waals surface area contributed by atoms with E-state index in [1.807, 2.05) is 0 Å². The van der Waals surface area contributed by atoms with Crippen molar-refractivity contribution in [3.05, 3.63) is 93.2 Å². The number of halogens is 1. The Morgan fingerprint density at radius 2 is 1.42 bits per heavy atom. The van der Waals surface area contributed by atoms with Gasteiger partial charge in [-0.2, -0.15) is 14.3 Å². The minimum atomic E-state index is -6.10. The standard InChI is InChI=1S/C40H44ClN15O21P4/c1-69-40(56-18-47-25-30(42)45-16-46-33(25)56)15-72-24(29(40)75-79(63,64)73-12-23-28(57)39(60,14-71-23)55-17-48-26-34(55)51-38(44)52-35(26)58)13-74-80(65,66)77-81(67,68)76-78(61,62)22-8-2-19(3-9-22)32-49-31-27(36(59)53-37(43)50-31)54(32)10-11-70-21-6-4-20(41)5-7-21/h2-9,16-18,23-24,28-29,57,60H,10-15H2,1H3,(H,61,62)(H,63,64)(H,65,66)(H,67,68)(H2,42,45,46)(H3,43,50,53,59)(H3,44,51,52,58). The molecule has 8 heterocycles. The summed E-state index contributed by atoms with van der Waals surface area (Å²) in [5.41, 5.74) is 11.1. The number of nitrogens with zero attached hydrogens (tertiary/aromatic N) is 10. The van der Waals surface area contributed by atoms with Gasteiger partial charge in [0.05, 0.1) is 50.9 Å². The molecule has 6 aromatic heterocycles. The van der Waals surface area contributed by atoms with Gasteiger partial charge in [-0.05, 0) is 36.4 Å². The molecular weight excluding hydrogens is 1190 g/mol. The van der Waals surface area contributed by atoms with Crippen molar-refractivity contribution < 1.29 is 89.2 Å². The van der Waals surface area contributed by atoms with Gasteiger partial charge in [0.15, 0.2) is 45.2 Å². The maximum Gasteiger partial charge on any atom is 0.488 e. The van der Waals surface area contributed by atoms with Crippen LogP contribution in [-0.2, 0) is 72.7 Å². The Bertz CT molecular complexity index is 4040. The van der Waals surface area contributed by atoms with Crippen LogP contribution in [-0.4, -0.2) is 153 Å². The molecule has 2 aliphatic heterocycles. The number of ether oxygens (including phenoxy) is 4. The Hall–Kier alpha value is -6.46. The number of aliphatic hydroxyl groups excluding tert-OH is 1. The van der Waals surface area contributed by atoms with Crippen LogP contribution in [0.25, 0.3) is 44.9 Å². The highest BCUT2D eigenvalue weighted by Gasteiger charge is 2.58. The second-order valence-electron chi connectivity index (χ2n) is 17.6. The van der Waals surface area contributed by atoms with E-state index in [0.29, 0.717) is 10.8 Å². The molecule has 36 nitrogen and oxygen atoms in total. The largest absolute Gasteiger partial charge is 0.492 e. The van der Waals surface area contributed by atoms with Crippen molar-refractivity contribution in [2.75, 3.05) is 57.3 Å². The normalized spacial score (nSPS) is 24.3. The lowest BCUT2D eigenvalue weighted by molar-refractivity contribution is -0.135. The quantitative estimate of drug-likeness (QED) is 0.0419. The SMILES string of the molecule is COC1(n2cnc3c(N)ncnc32)COC(COP(=O)(O)OP(=O)(O)OP(=O)(O)c2ccc(-c3nc4nc(N)[nH]c(=O)c4n3CCOc3ccc(Cl)cc3)cc2)C1OP(=O)(O)OCC1OCC(O)(n2cnc3c(=O)[nH]c(N)nc32)C1O. The molecular formula is C40H44ClN15O21P4. The monoisotopic (exact) mass is 1230 g/mol. The maximum absolute atomic E-state index is 13.9. The van der Waals surface area contributed by atoms with Crippen molar-refractivity contribution in [3.8, 4) is 17.1 Å². The summed E-state index contributed by atoms with van der Waals surface area (Å²) in [7, 11) is -21.9. The predicted molar refractivity (Wildman–Crippen MR) is 276 cm³/mol. The third kappa shape index (κ3) is 11.4. The molecule has 2 fully saturated rings. The number of aliphatic hydroxyl groups is 2. The summed E-state index contributed by atoms with van der Waals surface area (Å²) in [6, 6.07) is 10.9. The average molecular weight is 1230 g/mol. The Balaban J connectivity index is 0.834. The van der Waals surface area contributed by atoms with Crippen LogP contribution >= 0.6 is 42.7 Å². The summed E-state index contributed by atoms with van der Waals surface area (Å²) in [6.07, 6.45) is -4.24. The van der Waals surface area contributed by atoms with E-state index in [1.165, 1.54) is 16.7 Å². The maximum atomic E-state index is 13.9. The topological polar surface area (TPSA) is 522 Å². The molecule has 10 atom stereocenters. The first-order valence-corrected chi connectivity index (χ1v) is 29.5. The summed E-state index contributed by atoms with van der Waals surface area (Å²) in [5.74, 6) is -0.129. The van der Waals surface area contributed by atoms with Crippen LogP contribution < -0.4 is 38.4 Å². The van der Waals surface area contributed by atoms with E-state index < -0.39 is 110 Å². The Morgan fingerprint density at radius 1 is 0.765 bits per heavy atom. The van der Waals surface area contributed by atoms with Gasteiger partial charge in [0, 0.05) is 17.7 Å². The number of phosphoric acid groups is 3.